The Morgan fingerprint density at radius 3 is 2.67 bits per heavy atom. The first kappa shape index (κ1) is 17.5. The van der Waals surface area contributed by atoms with Crippen molar-refractivity contribution in [3.05, 3.63) is 18.2 Å². The minimum atomic E-state index is -0.461. The summed E-state index contributed by atoms with van der Waals surface area (Å²) in [6, 6.07) is 0.411. The average Bonchev–Trinajstić information content (AvgIpc) is 2.83. The number of nitrogens with one attached hydrogen (secondary N) is 1. The summed E-state index contributed by atoms with van der Waals surface area (Å²) >= 11 is 0. The highest BCUT2D eigenvalue weighted by atomic mass is 16.6. The standard InChI is InChI=1S/C16H29N3O2/c1-7-12(2)13(3)19-11-17-10-14(19)8-9-18-15(20)21-16(4,5)6/h10-13H,7-9H2,1-6H3,(H,18,20). The van der Waals surface area contributed by atoms with Crippen molar-refractivity contribution < 1.29 is 9.53 Å². The smallest absolute Gasteiger partial charge is 0.407 e. The number of amides is 1. The lowest BCUT2D eigenvalue weighted by Gasteiger charge is -2.22. The molecule has 0 saturated carbocycles. The highest BCUT2D eigenvalue weighted by molar-refractivity contribution is 5.67. The Kier molecular flexibility index (Phi) is 6.24. The summed E-state index contributed by atoms with van der Waals surface area (Å²) in [6.45, 7) is 12.8. The predicted molar refractivity (Wildman–Crippen MR) is 84.3 cm³/mol. The summed E-state index contributed by atoms with van der Waals surface area (Å²) in [6.07, 6.45) is 5.26. The molecular weight excluding hydrogens is 266 g/mol. The molecule has 0 aliphatic rings. The van der Waals surface area contributed by atoms with Gasteiger partial charge in [0.2, 0.25) is 0 Å². The second-order valence-electron chi connectivity index (χ2n) is 6.60. The Morgan fingerprint density at radius 2 is 2.10 bits per heavy atom. The van der Waals surface area contributed by atoms with Gasteiger partial charge in [0.05, 0.1) is 6.33 Å². The van der Waals surface area contributed by atoms with E-state index in [1.54, 1.807) is 0 Å². The van der Waals surface area contributed by atoms with Crippen molar-refractivity contribution in [2.24, 2.45) is 5.92 Å². The monoisotopic (exact) mass is 295 g/mol. The maximum atomic E-state index is 11.6. The van der Waals surface area contributed by atoms with E-state index >= 15 is 0 Å². The third-order valence-corrected chi connectivity index (χ3v) is 3.70. The zero-order valence-corrected chi connectivity index (χ0v) is 14.1. The Morgan fingerprint density at radius 1 is 1.43 bits per heavy atom. The van der Waals surface area contributed by atoms with E-state index in [1.807, 2.05) is 33.3 Å². The highest BCUT2D eigenvalue weighted by Gasteiger charge is 2.17. The van der Waals surface area contributed by atoms with Crippen LogP contribution in [0.5, 0.6) is 0 Å². The molecule has 0 fully saturated rings. The summed E-state index contributed by atoms with van der Waals surface area (Å²) in [4.78, 5) is 15.8. The first-order valence-corrected chi connectivity index (χ1v) is 7.72. The number of hydrogen-bond donors (Lipinski definition) is 1. The second-order valence-corrected chi connectivity index (χ2v) is 6.60. The molecule has 21 heavy (non-hydrogen) atoms. The molecule has 2 atom stereocenters. The molecule has 1 amide bonds. The van der Waals surface area contributed by atoms with Crippen LogP contribution >= 0.6 is 0 Å². The molecule has 0 aliphatic carbocycles. The maximum absolute atomic E-state index is 11.6. The number of rotatable bonds is 6. The number of alkyl carbamates (subject to hydrolysis) is 1. The van der Waals surface area contributed by atoms with Gasteiger partial charge in [-0.3, -0.25) is 0 Å². The van der Waals surface area contributed by atoms with Gasteiger partial charge < -0.3 is 14.6 Å². The number of carbonyl (C=O) groups is 1. The summed E-state index contributed by atoms with van der Waals surface area (Å²) in [7, 11) is 0. The highest BCUT2D eigenvalue weighted by Crippen LogP contribution is 2.21. The number of nitrogens with zero attached hydrogens (tertiary/aromatic N) is 2. The molecule has 0 spiro atoms. The van der Waals surface area contributed by atoms with Gasteiger partial charge in [0, 0.05) is 30.9 Å². The van der Waals surface area contributed by atoms with E-state index < -0.39 is 5.60 Å². The fourth-order valence-electron chi connectivity index (χ4n) is 2.11. The van der Waals surface area contributed by atoms with Crippen LogP contribution in [0.4, 0.5) is 4.79 Å². The van der Waals surface area contributed by atoms with Crippen LogP contribution in [0, 0.1) is 5.92 Å². The van der Waals surface area contributed by atoms with Crippen LogP contribution in [0.15, 0.2) is 12.5 Å². The van der Waals surface area contributed by atoms with Gasteiger partial charge in [-0.2, -0.15) is 0 Å². The minimum Gasteiger partial charge on any atom is -0.444 e. The molecule has 120 valence electrons. The minimum absolute atomic E-state index is 0.372. The lowest BCUT2D eigenvalue weighted by atomic mass is 10.0. The molecule has 0 radical (unpaired) electrons. The first-order valence-electron chi connectivity index (χ1n) is 7.72. The Bertz CT molecular complexity index is 449. The van der Waals surface area contributed by atoms with Crippen LogP contribution in [0.25, 0.3) is 0 Å². The summed E-state index contributed by atoms with van der Waals surface area (Å²) in [5.41, 5.74) is 0.676. The maximum Gasteiger partial charge on any atom is 0.407 e. The van der Waals surface area contributed by atoms with E-state index in [0.717, 1.165) is 18.5 Å². The average molecular weight is 295 g/mol. The van der Waals surface area contributed by atoms with Crippen LogP contribution in [0.3, 0.4) is 0 Å². The Labute approximate surface area is 128 Å². The third-order valence-electron chi connectivity index (χ3n) is 3.70. The van der Waals surface area contributed by atoms with Gasteiger partial charge in [-0.15, -0.1) is 0 Å². The number of hydrogen-bond acceptors (Lipinski definition) is 3. The molecule has 2 unspecified atom stereocenters. The van der Waals surface area contributed by atoms with Gasteiger partial charge in [0.1, 0.15) is 5.60 Å². The van der Waals surface area contributed by atoms with Gasteiger partial charge in [0.15, 0.2) is 0 Å². The van der Waals surface area contributed by atoms with E-state index in [2.05, 4.69) is 35.6 Å². The molecule has 1 aromatic rings. The zero-order valence-electron chi connectivity index (χ0n) is 14.1. The van der Waals surface area contributed by atoms with E-state index in [4.69, 9.17) is 4.74 Å². The van der Waals surface area contributed by atoms with Gasteiger partial charge in [-0.25, -0.2) is 9.78 Å². The van der Waals surface area contributed by atoms with Gasteiger partial charge >= 0.3 is 6.09 Å². The molecule has 0 aliphatic heterocycles. The largest absolute Gasteiger partial charge is 0.444 e. The number of imidazole rings is 1. The van der Waals surface area contributed by atoms with Crippen LogP contribution in [0.2, 0.25) is 0 Å². The molecule has 1 aromatic heterocycles. The van der Waals surface area contributed by atoms with Crippen LogP contribution in [0.1, 0.15) is 59.7 Å². The zero-order chi connectivity index (χ0) is 16.0. The normalized spacial score (nSPS) is 14.6. The topological polar surface area (TPSA) is 56.2 Å². The molecule has 0 aromatic carbocycles. The quantitative estimate of drug-likeness (QED) is 0.873. The molecule has 1 rings (SSSR count). The van der Waals surface area contributed by atoms with Crippen LogP contribution in [-0.4, -0.2) is 27.8 Å². The number of aromatic nitrogens is 2. The number of carbonyl (C=O) groups excluding carboxylic acids is 1. The van der Waals surface area contributed by atoms with Crippen molar-refractivity contribution in [3.8, 4) is 0 Å². The third kappa shape index (κ3) is 5.78. The fraction of sp³-hybridized carbons (Fsp3) is 0.750. The van der Waals surface area contributed by atoms with Crippen molar-refractivity contribution in [1.29, 1.82) is 0 Å². The Hall–Kier alpha value is -1.52. The summed E-state index contributed by atoms with van der Waals surface area (Å²) < 4.78 is 7.42. The van der Waals surface area contributed by atoms with E-state index in [0.29, 0.717) is 18.5 Å². The molecule has 0 bridgehead atoms. The molecule has 5 nitrogen and oxygen atoms in total. The first-order chi connectivity index (χ1) is 9.74. The molecule has 1 heterocycles. The van der Waals surface area contributed by atoms with Crippen molar-refractivity contribution >= 4 is 6.09 Å². The van der Waals surface area contributed by atoms with E-state index in [1.165, 1.54) is 0 Å². The summed E-state index contributed by atoms with van der Waals surface area (Å²) in [5, 5.41) is 2.78. The van der Waals surface area contributed by atoms with E-state index in [9.17, 15) is 4.79 Å². The fourth-order valence-corrected chi connectivity index (χ4v) is 2.11. The lowest BCUT2D eigenvalue weighted by Crippen LogP contribution is -2.33. The lowest BCUT2D eigenvalue weighted by molar-refractivity contribution is 0.0528. The molecule has 0 saturated heterocycles. The van der Waals surface area contributed by atoms with Crippen LogP contribution in [-0.2, 0) is 11.2 Å². The van der Waals surface area contributed by atoms with Crippen LogP contribution < -0.4 is 5.32 Å². The molecular formula is C16H29N3O2. The van der Waals surface area contributed by atoms with Crippen molar-refractivity contribution in [1.82, 2.24) is 14.9 Å². The SMILES string of the molecule is CCC(C)C(C)n1cncc1CCNC(=O)OC(C)(C)C. The number of ether oxygens (including phenoxy) is 1. The summed E-state index contributed by atoms with van der Waals surface area (Å²) in [5.74, 6) is 0.594. The van der Waals surface area contributed by atoms with Crippen molar-refractivity contribution in [2.45, 2.75) is 66.0 Å². The molecule has 5 heteroatoms. The van der Waals surface area contributed by atoms with Gasteiger partial charge in [-0.1, -0.05) is 20.3 Å². The van der Waals surface area contributed by atoms with Crippen molar-refractivity contribution in [3.63, 3.8) is 0 Å². The van der Waals surface area contributed by atoms with Gasteiger partial charge in [-0.05, 0) is 33.6 Å². The second kappa shape index (κ2) is 7.48. The molecule has 1 N–H and O–H groups in total. The van der Waals surface area contributed by atoms with Gasteiger partial charge in [0.25, 0.3) is 0 Å². The van der Waals surface area contributed by atoms with E-state index in [-0.39, 0.29) is 6.09 Å². The van der Waals surface area contributed by atoms with Crippen molar-refractivity contribution in [2.75, 3.05) is 6.54 Å². The Balaban J connectivity index is 2.50. The predicted octanol–water partition coefficient (Wildman–Crippen LogP) is 3.56.